The van der Waals surface area contributed by atoms with E-state index in [1.807, 2.05) is 6.08 Å². The SMILES string of the molecule is C=CCC1(CC)CNCCO1.CCOS(=O)(=O)[O-].[Na+]. The monoisotopic (exact) mass is 303 g/mol. The maximum absolute atomic E-state index is 9.45. The Morgan fingerprint density at radius 3 is 2.42 bits per heavy atom. The minimum atomic E-state index is -4.42. The standard InChI is InChI=1S/C9H17NO.C2H6O4S.Na/c1-3-5-9(4-2)8-10-6-7-11-9;1-2-6-7(3,4)5;/h3,10H,1,4-8H2,2H3;2H2,1H3,(H,3,4,5);/q;;+1/p-1. The number of ether oxygens (including phenoxy) is 1. The van der Waals surface area contributed by atoms with Crippen LogP contribution in [0.2, 0.25) is 0 Å². The molecule has 0 aromatic rings. The van der Waals surface area contributed by atoms with Crippen LogP contribution in [0, 0.1) is 0 Å². The Hall–Kier alpha value is 0.530. The molecule has 19 heavy (non-hydrogen) atoms. The van der Waals surface area contributed by atoms with Crippen molar-refractivity contribution in [1.82, 2.24) is 5.32 Å². The van der Waals surface area contributed by atoms with Crippen LogP contribution in [-0.2, 0) is 19.3 Å². The van der Waals surface area contributed by atoms with Gasteiger partial charge in [-0.15, -0.1) is 6.58 Å². The predicted molar refractivity (Wildman–Crippen MR) is 68.0 cm³/mol. The second-order valence-electron chi connectivity index (χ2n) is 3.87. The Balaban J connectivity index is 0. The van der Waals surface area contributed by atoms with Crippen molar-refractivity contribution >= 4 is 10.4 Å². The van der Waals surface area contributed by atoms with Gasteiger partial charge < -0.3 is 14.6 Å². The normalized spacial score (nSPS) is 22.7. The zero-order chi connectivity index (χ0) is 14.1. The molecule has 0 amide bonds. The van der Waals surface area contributed by atoms with Crippen molar-refractivity contribution in [3.8, 4) is 0 Å². The van der Waals surface area contributed by atoms with Crippen LogP contribution < -0.4 is 34.9 Å². The maximum Gasteiger partial charge on any atom is 1.00 e. The van der Waals surface area contributed by atoms with Crippen molar-refractivity contribution < 1.29 is 51.4 Å². The first-order valence-electron chi connectivity index (χ1n) is 5.95. The van der Waals surface area contributed by atoms with Gasteiger partial charge in [-0.1, -0.05) is 13.0 Å². The number of morpholine rings is 1. The molecule has 8 heteroatoms. The van der Waals surface area contributed by atoms with Gasteiger partial charge in [-0.05, 0) is 19.8 Å². The average Bonchev–Trinajstić information content (AvgIpc) is 2.30. The molecule has 1 N–H and O–H groups in total. The molecule has 0 saturated carbocycles. The number of rotatable bonds is 5. The van der Waals surface area contributed by atoms with Crippen molar-refractivity contribution in [2.45, 2.75) is 32.3 Å². The van der Waals surface area contributed by atoms with Gasteiger partial charge in [-0.2, -0.15) is 0 Å². The Kier molecular flexibility index (Phi) is 12.9. The smallest absolute Gasteiger partial charge is 0.726 e. The molecule has 0 aliphatic carbocycles. The van der Waals surface area contributed by atoms with E-state index >= 15 is 0 Å². The molecule has 1 aliphatic heterocycles. The summed E-state index contributed by atoms with van der Waals surface area (Å²) in [6.45, 7) is 10.0. The predicted octanol–water partition coefficient (Wildman–Crippen LogP) is -2.18. The van der Waals surface area contributed by atoms with Crippen LogP contribution >= 0.6 is 0 Å². The van der Waals surface area contributed by atoms with Crippen molar-refractivity contribution in [2.24, 2.45) is 0 Å². The second-order valence-corrected chi connectivity index (χ2v) is 4.92. The van der Waals surface area contributed by atoms with E-state index in [0.717, 1.165) is 32.5 Å². The van der Waals surface area contributed by atoms with Gasteiger partial charge in [0.25, 0.3) is 0 Å². The van der Waals surface area contributed by atoms with Gasteiger partial charge in [-0.25, -0.2) is 8.42 Å². The summed E-state index contributed by atoms with van der Waals surface area (Å²) in [5.41, 5.74) is 0.0417. The fourth-order valence-corrected chi connectivity index (χ4v) is 1.91. The molecule has 6 nitrogen and oxygen atoms in total. The zero-order valence-electron chi connectivity index (χ0n) is 12.0. The summed E-state index contributed by atoms with van der Waals surface area (Å²) >= 11 is 0. The zero-order valence-corrected chi connectivity index (χ0v) is 14.8. The molecule has 0 bridgehead atoms. The van der Waals surface area contributed by atoms with Gasteiger partial charge in [0.05, 0.1) is 18.8 Å². The van der Waals surface area contributed by atoms with E-state index in [2.05, 4.69) is 23.0 Å². The Labute approximate surface area is 138 Å². The number of hydrogen-bond acceptors (Lipinski definition) is 6. The summed E-state index contributed by atoms with van der Waals surface area (Å²) < 4.78 is 37.7. The van der Waals surface area contributed by atoms with E-state index in [4.69, 9.17) is 4.74 Å². The molecule has 0 spiro atoms. The largest absolute Gasteiger partial charge is 1.00 e. The molecular weight excluding hydrogens is 281 g/mol. The Morgan fingerprint density at radius 1 is 1.53 bits per heavy atom. The van der Waals surface area contributed by atoms with E-state index < -0.39 is 10.4 Å². The van der Waals surface area contributed by atoms with Crippen molar-refractivity contribution in [3.63, 3.8) is 0 Å². The molecule has 1 aliphatic rings. The van der Waals surface area contributed by atoms with Crippen molar-refractivity contribution in [2.75, 3.05) is 26.3 Å². The minimum absolute atomic E-state index is 0. The van der Waals surface area contributed by atoms with Crippen LogP contribution in [0.3, 0.4) is 0 Å². The fraction of sp³-hybridized carbons (Fsp3) is 0.818. The fourth-order valence-electron chi connectivity index (χ4n) is 1.62. The molecule has 1 fully saturated rings. The van der Waals surface area contributed by atoms with Crippen LogP contribution in [0.1, 0.15) is 26.7 Å². The molecule has 108 valence electrons. The molecule has 1 rings (SSSR count). The Morgan fingerprint density at radius 2 is 2.16 bits per heavy atom. The maximum atomic E-state index is 9.45. The number of hydrogen-bond donors (Lipinski definition) is 1. The summed E-state index contributed by atoms with van der Waals surface area (Å²) in [7, 11) is -4.42. The van der Waals surface area contributed by atoms with Crippen LogP contribution in [-0.4, -0.2) is 44.9 Å². The van der Waals surface area contributed by atoms with Gasteiger partial charge >= 0.3 is 29.6 Å². The molecule has 1 saturated heterocycles. The summed E-state index contributed by atoms with van der Waals surface area (Å²) in [5.74, 6) is 0. The van der Waals surface area contributed by atoms with Crippen LogP contribution in [0.5, 0.6) is 0 Å². The van der Waals surface area contributed by atoms with E-state index in [1.54, 1.807) is 0 Å². The second kappa shape index (κ2) is 11.2. The third-order valence-corrected chi connectivity index (χ3v) is 3.08. The van der Waals surface area contributed by atoms with E-state index in [-0.39, 0.29) is 41.8 Å². The molecule has 0 radical (unpaired) electrons. The molecule has 0 aromatic carbocycles. The average molecular weight is 303 g/mol. The molecule has 1 unspecified atom stereocenters. The molecule has 1 atom stereocenters. The van der Waals surface area contributed by atoms with Crippen LogP contribution in [0.25, 0.3) is 0 Å². The first-order valence-corrected chi connectivity index (χ1v) is 7.28. The van der Waals surface area contributed by atoms with Gasteiger partial charge in [0.2, 0.25) is 10.4 Å². The first kappa shape index (κ1) is 21.8. The summed E-state index contributed by atoms with van der Waals surface area (Å²) in [6, 6.07) is 0. The van der Waals surface area contributed by atoms with E-state index in [9.17, 15) is 13.0 Å². The number of nitrogens with one attached hydrogen (secondary N) is 1. The summed E-state index contributed by atoms with van der Waals surface area (Å²) in [6.07, 6.45) is 3.96. The first-order chi connectivity index (χ1) is 8.39. The van der Waals surface area contributed by atoms with Gasteiger partial charge in [0.1, 0.15) is 0 Å². The van der Waals surface area contributed by atoms with Crippen LogP contribution in [0.15, 0.2) is 12.7 Å². The third kappa shape index (κ3) is 10.9. The van der Waals surface area contributed by atoms with Crippen molar-refractivity contribution in [3.05, 3.63) is 12.7 Å². The van der Waals surface area contributed by atoms with E-state index in [1.165, 1.54) is 6.92 Å². The van der Waals surface area contributed by atoms with Crippen molar-refractivity contribution in [1.29, 1.82) is 0 Å². The van der Waals surface area contributed by atoms with Gasteiger partial charge in [0, 0.05) is 13.1 Å². The summed E-state index contributed by atoms with van der Waals surface area (Å²) in [5, 5.41) is 3.34. The van der Waals surface area contributed by atoms with Crippen LogP contribution in [0.4, 0.5) is 0 Å². The summed E-state index contributed by atoms with van der Waals surface area (Å²) in [4.78, 5) is 0. The molecule has 1 heterocycles. The molecule has 0 aromatic heterocycles. The van der Waals surface area contributed by atoms with Gasteiger partial charge in [0.15, 0.2) is 0 Å². The van der Waals surface area contributed by atoms with Gasteiger partial charge in [-0.3, -0.25) is 4.18 Å². The minimum Gasteiger partial charge on any atom is -0.726 e. The van der Waals surface area contributed by atoms with E-state index in [0.29, 0.717) is 0 Å². The topological polar surface area (TPSA) is 87.7 Å². The Bertz CT molecular complexity index is 328. The third-order valence-electron chi connectivity index (χ3n) is 2.56. The molecular formula is C11H22NNaO5S. The quantitative estimate of drug-likeness (QED) is 0.269.